The number of pyridine rings is 1. The van der Waals surface area contributed by atoms with Crippen LogP contribution >= 0.6 is 0 Å². The van der Waals surface area contributed by atoms with E-state index in [0.717, 1.165) is 12.7 Å². The van der Waals surface area contributed by atoms with Gasteiger partial charge < -0.3 is 4.52 Å². The van der Waals surface area contributed by atoms with E-state index in [4.69, 9.17) is 4.52 Å². The second-order valence-electron chi connectivity index (χ2n) is 4.90. The third kappa shape index (κ3) is 2.25. The smallest absolute Gasteiger partial charge is 0.230 e. The Labute approximate surface area is 110 Å². The SMILES string of the molecule is CC1CC1c1nc(-c2ncccc2S(C)(=O)=O)no1. The Morgan fingerprint density at radius 2 is 2.16 bits per heavy atom. The van der Waals surface area contributed by atoms with Crippen LogP contribution in [0, 0.1) is 5.92 Å². The van der Waals surface area contributed by atoms with Gasteiger partial charge in [-0.25, -0.2) is 8.42 Å². The average molecular weight is 279 g/mol. The fourth-order valence-electron chi connectivity index (χ4n) is 2.01. The van der Waals surface area contributed by atoms with Gasteiger partial charge in [0.25, 0.3) is 0 Å². The molecular formula is C12H13N3O3S. The maximum absolute atomic E-state index is 11.7. The molecule has 2 aromatic heterocycles. The molecule has 1 aliphatic carbocycles. The minimum absolute atomic E-state index is 0.117. The summed E-state index contributed by atoms with van der Waals surface area (Å²) in [6, 6.07) is 3.07. The lowest BCUT2D eigenvalue weighted by Crippen LogP contribution is -2.02. The number of hydrogen-bond donors (Lipinski definition) is 0. The molecule has 2 atom stereocenters. The van der Waals surface area contributed by atoms with Crippen LogP contribution in [0.2, 0.25) is 0 Å². The van der Waals surface area contributed by atoms with Crippen molar-refractivity contribution in [3.63, 3.8) is 0 Å². The Bertz CT molecular complexity index is 723. The van der Waals surface area contributed by atoms with Crippen LogP contribution in [-0.4, -0.2) is 29.8 Å². The van der Waals surface area contributed by atoms with Crippen LogP contribution < -0.4 is 0 Å². The van der Waals surface area contributed by atoms with Gasteiger partial charge in [0.1, 0.15) is 5.69 Å². The highest BCUT2D eigenvalue weighted by Crippen LogP contribution is 2.46. The maximum Gasteiger partial charge on any atom is 0.230 e. The fraction of sp³-hybridized carbons (Fsp3) is 0.417. The van der Waals surface area contributed by atoms with Crippen molar-refractivity contribution in [2.75, 3.05) is 6.26 Å². The number of hydrogen-bond acceptors (Lipinski definition) is 6. The van der Waals surface area contributed by atoms with Crippen LogP contribution in [0.25, 0.3) is 11.5 Å². The average Bonchev–Trinajstić information content (AvgIpc) is 2.91. The van der Waals surface area contributed by atoms with E-state index in [9.17, 15) is 8.42 Å². The van der Waals surface area contributed by atoms with Crippen molar-refractivity contribution in [2.45, 2.75) is 24.2 Å². The van der Waals surface area contributed by atoms with Gasteiger partial charge in [-0.05, 0) is 24.5 Å². The molecule has 1 saturated carbocycles. The molecule has 0 amide bonds. The molecule has 0 bridgehead atoms. The van der Waals surface area contributed by atoms with Crippen LogP contribution in [0.3, 0.4) is 0 Å². The molecule has 0 aromatic carbocycles. The summed E-state index contributed by atoms with van der Waals surface area (Å²) in [4.78, 5) is 8.44. The Morgan fingerprint density at radius 3 is 2.79 bits per heavy atom. The number of nitrogens with zero attached hydrogens (tertiary/aromatic N) is 3. The Kier molecular flexibility index (Phi) is 2.67. The maximum atomic E-state index is 11.7. The Morgan fingerprint density at radius 1 is 1.42 bits per heavy atom. The van der Waals surface area contributed by atoms with Gasteiger partial charge in [-0.1, -0.05) is 12.1 Å². The molecule has 2 aromatic rings. The van der Waals surface area contributed by atoms with Crippen molar-refractivity contribution in [1.82, 2.24) is 15.1 Å². The van der Waals surface area contributed by atoms with Gasteiger partial charge in [0.05, 0.1) is 4.90 Å². The summed E-state index contributed by atoms with van der Waals surface area (Å²) in [5.74, 6) is 1.64. The van der Waals surface area contributed by atoms with Crippen molar-refractivity contribution < 1.29 is 12.9 Å². The number of sulfone groups is 1. The minimum atomic E-state index is -3.37. The standard InChI is InChI=1S/C12H13N3O3S/c1-7-6-8(7)12-14-11(15-18-12)10-9(19(2,16)17)4-3-5-13-10/h3-5,7-8H,6H2,1-2H3. The molecule has 0 spiro atoms. The molecule has 6 nitrogen and oxygen atoms in total. The first-order valence-corrected chi connectivity index (χ1v) is 7.85. The van der Waals surface area contributed by atoms with Gasteiger partial charge in [-0.3, -0.25) is 4.98 Å². The highest BCUT2D eigenvalue weighted by Gasteiger charge is 2.39. The second-order valence-corrected chi connectivity index (χ2v) is 6.88. The largest absolute Gasteiger partial charge is 0.339 e. The lowest BCUT2D eigenvalue weighted by molar-refractivity contribution is 0.376. The molecule has 0 N–H and O–H groups in total. The summed E-state index contributed by atoms with van der Waals surface area (Å²) in [5, 5.41) is 3.84. The topological polar surface area (TPSA) is 86.0 Å². The summed E-state index contributed by atoms with van der Waals surface area (Å²) < 4.78 is 28.6. The first-order chi connectivity index (χ1) is 8.97. The molecule has 7 heteroatoms. The molecule has 2 unspecified atom stereocenters. The van der Waals surface area contributed by atoms with E-state index >= 15 is 0 Å². The van der Waals surface area contributed by atoms with E-state index in [-0.39, 0.29) is 16.4 Å². The van der Waals surface area contributed by atoms with E-state index in [1.165, 1.54) is 12.3 Å². The second kappa shape index (κ2) is 4.12. The molecule has 1 aliphatic rings. The summed E-state index contributed by atoms with van der Waals surface area (Å²) in [6.45, 7) is 2.11. The molecule has 19 heavy (non-hydrogen) atoms. The van der Waals surface area contributed by atoms with Crippen molar-refractivity contribution in [2.24, 2.45) is 5.92 Å². The minimum Gasteiger partial charge on any atom is -0.339 e. The summed E-state index contributed by atoms with van der Waals surface area (Å²) >= 11 is 0. The van der Waals surface area contributed by atoms with Crippen LogP contribution in [0.4, 0.5) is 0 Å². The predicted molar refractivity (Wildman–Crippen MR) is 67.2 cm³/mol. The summed E-state index contributed by atoms with van der Waals surface area (Å²) in [6.07, 6.45) is 3.68. The third-order valence-electron chi connectivity index (χ3n) is 3.25. The molecular weight excluding hydrogens is 266 g/mol. The van der Waals surface area contributed by atoms with Crippen LogP contribution in [0.15, 0.2) is 27.7 Å². The van der Waals surface area contributed by atoms with Crippen molar-refractivity contribution in [3.05, 3.63) is 24.2 Å². The van der Waals surface area contributed by atoms with Crippen LogP contribution in [0.1, 0.15) is 25.2 Å². The van der Waals surface area contributed by atoms with Gasteiger partial charge in [-0.15, -0.1) is 0 Å². The zero-order valence-electron chi connectivity index (χ0n) is 10.6. The number of aromatic nitrogens is 3. The lowest BCUT2D eigenvalue weighted by Gasteiger charge is -2.01. The van der Waals surface area contributed by atoms with Gasteiger partial charge in [0.2, 0.25) is 11.7 Å². The van der Waals surface area contributed by atoms with Crippen LogP contribution in [-0.2, 0) is 9.84 Å². The zero-order chi connectivity index (χ0) is 13.6. The quantitative estimate of drug-likeness (QED) is 0.849. The monoisotopic (exact) mass is 279 g/mol. The van der Waals surface area contributed by atoms with E-state index < -0.39 is 9.84 Å². The molecule has 100 valence electrons. The molecule has 0 radical (unpaired) electrons. The van der Waals surface area contributed by atoms with Gasteiger partial charge in [0.15, 0.2) is 9.84 Å². The van der Waals surface area contributed by atoms with E-state index in [1.807, 2.05) is 0 Å². The molecule has 0 saturated heterocycles. The van der Waals surface area contributed by atoms with Crippen molar-refractivity contribution in [3.8, 4) is 11.5 Å². The first kappa shape index (κ1) is 12.3. The molecule has 1 fully saturated rings. The summed E-state index contributed by atoms with van der Waals surface area (Å²) in [5.41, 5.74) is 0.244. The number of rotatable bonds is 3. The fourth-order valence-corrected chi connectivity index (χ4v) is 2.83. The Balaban J connectivity index is 2.05. The van der Waals surface area contributed by atoms with E-state index in [0.29, 0.717) is 17.7 Å². The molecule has 0 aliphatic heterocycles. The first-order valence-electron chi connectivity index (χ1n) is 5.96. The van der Waals surface area contributed by atoms with E-state index in [2.05, 4.69) is 22.0 Å². The molecule has 2 heterocycles. The highest BCUT2D eigenvalue weighted by atomic mass is 32.2. The van der Waals surface area contributed by atoms with Gasteiger partial charge in [-0.2, -0.15) is 4.98 Å². The third-order valence-corrected chi connectivity index (χ3v) is 4.38. The van der Waals surface area contributed by atoms with Crippen molar-refractivity contribution in [1.29, 1.82) is 0 Å². The van der Waals surface area contributed by atoms with E-state index in [1.54, 1.807) is 6.07 Å². The zero-order valence-corrected chi connectivity index (χ0v) is 11.4. The van der Waals surface area contributed by atoms with Crippen LogP contribution in [0.5, 0.6) is 0 Å². The molecule has 3 rings (SSSR count). The lowest BCUT2D eigenvalue weighted by atomic mass is 10.3. The van der Waals surface area contributed by atoms with Gasteiger partial charge >= 0.3 is 0 Å². The highest BCUT2D eigenvalue weighted by molar-refractivity contribution is 7.90. The van der Waals surface area contributed by atoms with Gasteiger partial charge in [0, 0.05) is 18.4 Å². The normalized spacial score (nSPS) is 22.4. The predicted octanol–water partition coefficient (Wildman–Crippen LogP) is 1.66. The van der Waals surface area contributed by atoms with Crippen molar-refractivity contribution >= 4 is 9.84 Å². The Hall–Kier alpha value is -1.76. The summed E-state index contributed by atoms with van der Waals surface area (Å²) in [7, 11) is -3.37.